The lowest BCUT2D eigenvalue weighted by Gasteiger charge is -2.44. The first kappa shape index (κ1) is 22.2. The van der Waals surface area contributed by atoms with Crippen molar-refractivity contribution in [2.75, 3.05) is 72.0 Å². The molecule has 3 rings (SSSR count). The van der Waals surface area contributed by atoms with Gasteiger partial charge in [-0.15, -0.1) is 24.0 Å². The van der Waals surface area contributed by atoms with Gasteiger partial charge >= 0.3 is 0 Å². The Bertz CT molecular complexity index is 583. The monoisotopic (exact) mass is 488 g/mol. The summed E-state index contributed by atoms with van der Waals surface area (Å²) in [5, 5.41) is 3.63. The number of piperazine rings is 1. The number of aliphatic imine (C=N–C) groups is 1. The molecular weight excluding hydrogens is 455 g/mol. The summed E-state index contributed by atoms with van der Waals surface area (Å²) >= 11 is 0. The predicted molar refractivity (Wildman–Crippen MR) is 121 cm³/mol. The minimum Gasteiger partial charge on any atom is -0.381 e. The topological polar surface area (TPSA) is 56.2 Å². The van der Waals surface area contributed by atoms with Crippen LogP contribution in [0.25, 0.3) is 0 Å². The maximum absolute atomic E-state index is 5.57. The predicted octanol–water partition coefficient (Wildman–Crippen LogP) is 1.51. The molecule has 7 nitrogen and oxygen atoms in total. The van der Waals surface area contributed by atoms with Crippen molar-refractivity contribution in [1.29, 1.82) is 0 Å². The molecule has 1 aromatic rings. The van der Waals surface area contributed by atoms with E-state index in [0.29, 0.717) is 0 Å². The molecule has 0 bridgehead atoms. The number of nitrogens with one attached hydrogen (secondary N) is 1. The second-order valence-corrected chi connectivity index (χ2v) is 7.29. The number of hydrogen-bond donors (Lipinski definition) is 1. The molecule has 1 aromatic heterocycles. The van der Waals surface area contributed by atoms with Crippen LogP contribution in [0.2, 0.25) is 0 Å². The number of pyridine rings is 1. The van der Waals surface area contributed by atoms with Crippen LogP contribution in [0.5, 0.6) is 0 Å². The van der Waals surface area contributed by atoms with E-state index in [1.165, 1.54) is 0 Å². The van der Waals surface area contributed by atoms with Gasteiger partial charge in [0.1, 0.15) is 5.82 Å². The lowest BCUT2D eigenvalue weighted by Crippen LogP contribution is -2.59. The first-order valence-corrected chi connectivity index (χ1v) is 9.51. The van der Waals surface area contributed by atoms with Crippen molar-refractivity contribution in [3.8, 4) is 0 Å². The molecule has 0 spiro atoms. The molecule has 1 N–H and O–H groups in total. The molecule has 152 valence electrons. The molecule has 2 saturated heterocycles. The average molecular weight is 488 g/mol. The molecular formula is C19H33IN6O. The molecule has 2 fully saturated rings. The highest BCUT2D eigenvalue weighted by molar-refractivity contribution is 14.0. The van der Waals surface area contributed by atoms with Crippen LogP contribution in [0.15, 0.2) is 29.4 Å². The maximum Gasteiger partial charge on any atom is 0.193 e. The number of hydrogen-bond acceptors (Lipinski definition) is 5. The van der Waals surface area contributed by atoms with Gasteiger partial charge in [-0.2, -0.15) is 0 Å². The van der Waals surface area contributed by atoms with E-state index in [1.54, 1.807) is 0 Å². The fraction of sp³-hybridized carbons (Fsp3) is 0.684. The first-order valence-electron chi connectivity index (χ1n) is 9.51. The van der Waals surface area contributed by atoms with Gasteiger partial charge < -0.3 is 24.8 Å². The van der Waals surface area contributed by atoms with Gasteiger partial charge in [0.05, 0.1) is 0 Å². The van der Waals surface area contributed by atoms with Crippen LogP contribution in [0, 0.1) is 0 Å². The van der Waals surface area contributed by atoms with Crippen LogP contribution in [0.3, 0.4) is 0 Å². The second-order valence-electron chi connectivity index (χ2n) is 7.29. The highest BCUT2D eigenvalue weighted by atomic mass is 127. The molecule has 0 saturated carbocycles. The van der Waals surface area contributed by atoms with E-state index in [1.807, 2.05) is 25.4 Å². The van der Waals surface area contributed by atoms with Crippen LogP contribution in [0.1, 0.15) is 12.8 Å². The summed E-state index contributed by atoms with van der Waals surface area (Å²) in [6.07, 6.45) is 3.96. The summed E-state index contributed by atoms with van der Waals surface area (Å²) in [6, 6.07) is 6.08. The normalized spacial score (nSPS) is 20.4. The lowest BCUT2D eigenvalue weighted by molar-refractivity contribution is -0.00526. The maximum atomic E-state index is 5.57. The number of guanidine groups is 1. The van der Waals surface area contributed by atoms with E-state index in [4.69, 9.17) is 4.74 Å². The zero-order chi connectivity index (χ0) is 18.4. The Morgan fingerprint density at radius 2 is 1.93 bits per heavy atom. The second kappa shape index (κ2) is 10.4. The Labute approximate surface area is 180 Å². The molecule has 3 heterocycles. The van der Waals surface area contributed by atoms with Crippen molar-refractivity contribution in [1.82, 2.24) is 20.1 Å². The molecule has 0 aromatic carbocycles. The number of halogens is 1. The van der Waals surface area contributed by atoms with E-state index in [-0.39, 0.29) is 29.5 Å². The molecule has 0 amide bonds. The van der Waals surface area contributed by atoms with Gasteiger partial charge in [-0.05, 0) is 39.1 Å². The smallest absolute Gasteiger partial charge is 0.193 e. The van der Waals surface area contributed by atoms with E-state index >= 15 is 0 Å². The van der Waals surface area contributed by atoms with Gasteiger partial charge in [-0.1, -0.05) is 6.07 Å². The third-order valence-electron chi connectivity index (χ3n) is 5.71. The zero-order valence-corrected chi connectivity index (χ0v) is 19.1. The number of ether oxygens (including phenoxy) is 1. The van der Waals surface area contributed by atoms with Crippen molar-refractivity contribution in [2.24, 2.45) is 4.99 Å². The quantitative estimate of drug-likeness (QED) is 0.394. The summed E-state index contributed by atoms with van der Waals surface area (Å²) in [6.45, 7) is 6.40. The number of likely N-dealkylation sites (N-methyl/N-ethyl adjacent to an activating group) is 1. The Morgan fingerprint density at radius 1 is 1.22 bits per heavy atom. The van der Waals surface area contributed by atoms with Crippen molar-refractivity contribution in [3.63, 3.8) is 0 Å². The molecule has 27 heavy (non-hydrogen) atoms. The van der Waals surface area contributed by atoms with Gasteiger partial charge in [0, 0.05) is 64.7 Å². The number of nitrogens with zero attached hydrogens (tertiary/aromatic N) is 5. The van der Waals surface area contributed by atoms with Gasteiger partial charge in [-0.25, -0.2) is 4.98 Å². The summed E-state index contributed by atoms with van der Waals surface area (Å²) in [5.74, 6) is 2.06. The Morgan fingerprint density at radius 3 is 2.48 bits per heavy atom. The first-order chi connectivity index (χ1) is 12.6. The fourth-order valence-corrected chi connectivity index (χ4v) is 3.80. The average Bonchev–Trinajstić information content (AvgIpc) is 2.70. The molecule has 0 atom stereocenters. The van der Waals surface area contributed by atoms with Crippen LogP contribution < -0.4 is 10.2 Å². The van der Waals surface area contributed by atoms with Crippen LogP contribution in [0.4, 0.5) is 5.82 Å². The third kappa shape index (κ3) is 5.45. The summed E-state index contributed by atoms with van der Waals surface area (Å²) in [5.41, 5.74) is 0.143. The van der Waals surface area contributed by atoms with Crippen LogP contribution in [-0.4, -0.2) is 93.4 Å². The zero-order valence-electron chi connectivity index (χ0n) is 16.7. The third-order valence-corrected chi connectivity index (χ3v) is 5.71. The van der Waals surface area contributed by atoms with Gasteiger partial charge in [0.15, 0.2) is 5.96 Å². The molecule has 2 aliphatic rings. The summed E-state index contributed by atoms with van der Waals surface area (Å²) in [4.78, 5) is 16.0. The summed E-state index contributed by atoms with van der Waals surface area (Å²) in [7, 11) is 6.21. The Balaban J connectivity index is 0.00000261. The van der Waals surface area contributed by atoms with Crippen molar-refractivity contribution < 1.29 is 4.74 Å². The number of anilines is 1. The minimum atomic E-state index is 0. The Hall–Kier alpha value is -1.13. The van der Waals surface area contributed by atoms with Crippen molar-refractivity contribution in [2.45, 2.75) is 18.4 Å². The highest BCUT2D eigenvalue weighted by Gasteiger charge is 2.35. The minimum absolute atomic E-state index is 0. The van der Waals surface area contributed by atoms with Crippen molar-refractivity contribution >= 4 is 35.8 Å². The van der Waals surface area contributed by atoms with Crippen LogP contribution in [-0.2, 0) is 4.74 Å². The van der Waals surface area contributed by atoms with E-state index in [2.05, 4.69) is 50.2 Å². The van der Waals surface area contributed by atoms with E-state index in [9.17, 15) is 0 Å². The van der Waals surface area contributed by atoms with Gasteiger partial charge in [0.2, 0.25) is 0 Å². The van der Waals surface area contributed by atoms with E-state index in [0.717, 1.165) is 70.6 Å². The lowest BCUT2D eigenvalue weighted by atomic mass is 9.88. The standard InChI is InChI=1S/C19H32N6O.HI/c1-20-18(22-16-19(23(2)3)7-14-26-15-8-19)25-12-10-24(11-13-25)17-6-4-5-9-21-17;/h4-6,9H,7-8,10-16H2,1-3H3,(H,20,22);1H. The Kier molecular flexibility index (Phi) is 8.56. The molecule has 0 aliphatic carbocycles. The van der Waals surface area contributed by atoms with E-state index < -0.39 is 0 Å². The fourth-order valence-electron chi connectivity index (χ4n) is 3.80. The summed E-state index contributed by atoms with van der Waals surface area (Å²) < 4.78 is 5.57. The van der Waals surface area contributed by atoms with Crippen LogP contribution >= 0.6 is 24.0 Å². The number of rotatable bonds is 4. The number of aromatic nitrogens is 1. The van der Waals surface area contributed by atoms with Gasteiger partial charge in [0.25, 0.3) is 0 Å². The molecule has 8 heteroatoms. The molecule has 0 unspecified atom stereocenters. The van der Waals surface area contributed by atoms with Gasteiger partial charge in [-0.3, -0.25) is 4.99 Å². The highest BCUT2D eigenvalue weighted by Crippen LogP contribution is 2.25. The largest absolute Gasteiger partial charge is 0.381 e. The molecule has 2 aliphatic heterocycles. The molecule has 0 radical (unpaired) electrons. The van der Waals surface area contributed by atoms with Crippen molar-refractivity contribution in [3.05, 3.63) is 24.4 Å². The SMILES string of the molecule is CN=C(NCC1(N(C)C)CCOCC1)N1CCN(c2ccccn2)CC1.I.